The smallest absolute Gasteiger partial charge is 0.184 e. The molecule has 1 saturated heterocycles. The zero-order valence-electron chi connectivity index (χ0n) is 13.3. The molecule has 0 saturated carbocycles. The van der Waals surface area contributed by atoms with Crippen LogP contribution in [0, 0.1) is 5.82 Å². The number of fused-ring (bicyclic) bond motifs is 1. The van der Waals surface area contributed by atoms with Crippen LogP contribution in [0.3, 0.4) is 0 Å². The van der Waals surface area contributed by atoms with Gasteiger partial charge in [0.2, 0.25) is 0 Å². The van der Waals surface area contributed by atoms with Crippen LogP contribution in [0.4, 0.5) is 10.2 Å². The Balaban J connectivity index is 1.60. The van der Waals surface area contributed by atoms with Crippen molar-refractivity contribution in [2.24, 2.45) is 0 Å². The number of benzene rings is 1. The fraction of sp³-hybridized carbons (Fsp3) is 0.375. The average Bonchev–Trinajstić information content (AvgIpc) is 3.26. The van der Waals surface area contributed by atoms with Crippen molar-refractivity contribution in [1.29, 1.82) is 0 Å². The summed E-state index contributed by atoms with van der Waals surface area (Å²) in [4.78, 5) is 8.46. The summed E-state index contributed by atoms with van der Waals surface area (Å²) in [5, 5.41) is 11.8. The maximum absolute atomic E-state index is 14.0. The van der Waals surface area contributed by atoms with Gasteiger partial charge in [-0.1, -0.05) is 22.9 Å². The number of aromatic nitrogens is 5. The number of halogens is 2. The lowest BCUT2D eigenvalue weighted by Crippen LogP contribution is -2.19. The first-order valence-electron chi connectivity index (χ1n) is 8.05. The van der Waals surface area contributed by atoms with Crippen LogP contribution in [0.5, 0.6) is 0 Å². The fourth-order valence-corrected chi connectivity index (χ4v) is 3.10. The van der Waals surface area contributed by atoms with Gasteiger partial charge in [0.15, 0.2) is 17.0 Å². The monoisotopic (exact) mass is 362 g/mol. The van der Waals surface area contributed by atoms with E-state index in [1.54, 1.807) is 12.1 Å². The Morgan fingerprint density at radius 3 is 3.08 bits per heavy atom. The summed E-state index contributed by atoms with van der Waals surface area (Å²) in [6.45, 7) is 1.59. The zero-order valence-corrected chi connectivity index (χ0v) is 14.1. The Labute approximate surface area is 148 Å². The number of ether oxygens (including phenoxy) is 1. The van der Waals surface area contributed by atoms with Crippen molar-refractivity contribution in [3.8, 4) is 0 Å². The predicted octanol–water partition coefficient (Wildman–Crippen LogP) is 2.65. The van der Waals surface area contributed by atoms with E-state index in [2.05, 4.69) is 25.6 Å². The standard InChI is InChI=1S/C16H16ClFN6O/c17-12-4-1-5-13(18)11(12)8-24-16-14(22-23-24)15(20-9-21-16)19-7-10-3-2-6-25-10/h1,4-5,9-10H,2-3,6-8H2,(H,19,20,21). The predicted molar refractivity (Wildman–Crippen MR) is 91.1 cm³/mol. The molecule has 130 valence electrons. The molecule has 1 aliphatic heterocycles. The number of hydrogen-bond acceptors (Lipinski definition) is 6. The highest BCUT2D eigenvalue weighted by Gasteiger charge is 2.18. The molecule has 1 aliphatic rings. The topological polar surface area (TPSA) is 77.8 Å². The maximum atomic E-state index is 14.0. The summed E-state index contributed by atoms with van der Waals surface area (Å²) in [6, 6.07) is 4.57. The summed E-state index contributed by atoms with van der Waals surface area (Å²) in [5.74, 6) is 0.202. The van der Waals surface area contributed by atoms with Crippen LogP contribution < -0.4 is 5.32 Å². The van der Waals surface area contributed by atoms with Crippen molar-refractivity contribution < 1.29 is 9.13 Å². The molecule has 0 spiro atoms. The lowest BCUT2D eigenvalue weighted by Gasteiger charge is -2.11. The normalized spacial score (nSPS) is 17.3. The van der Waals surface area contributed by atoms with E-state index in [0.717, 1.165) is 19.4 Å². The van der Waals surface area contributed by atoms with E-state index in [0.29, 0.717) is 34.1 Å². The van der Waals surface area contributed by atoms with Gasteiger partial charge in [-0.05, 0) is 25.0 Å². The number of anilines is 1. The van der Waals surface area contributed by atoms with Crippen molar-refractivity contribution in [3.05, 3.63) is 40.9 Å². The highest BCUT2D eigenvalue weighted by atomic mass is 35.5. The Bertz CT molecular complexity index is 875. The van der Waals surface area contributed by atoms with Crippen LogP contribution in [0.15, 0.2) is 24.5 Å². The first-order valence-corrected chi connectivity index (χ1v) is 8.42. The van der Waals surface area contributed by atoms with E-state index < -0.39 is 0 Å². The summed E-state index contributed by atoms with van der Waals surface area (Å²) >= 11 is 6.09. The third-order valence-corrected chi connectivity index (χ3v) is 4.54. The van der Waals surface area contributed by atoms with Crippen molar-refractivity contribution in [2.45, 2.75) is 25.5 Å². The third kappa shape index (κ3) is 3.27. The Kier molecular flexibility index (Phi) is 4.46. The van der Waals surface area contributed by atoms with Gasteiger partial charge in [0.05, 0.1) is 12.6 Å². The molecule has 0 bridgehead atoms. The molecule has 0 aliphatic carbocycles. The number of hydrogen-bond donors (Lipinski definition) is 1. The summed E-state index contributed by atoms with van der Waals surface area (Å²) in [5.41, 5.74) is 1.40. The molecular formula is C16H16ClFN6O. The minimum Gasteiger partial charge on any atom is -0.376 e. The SMILES string of the molecule is Fc1cccc(Cl)c1Cn1nnc2c(NCC3CCCO3)ncnc21. The Hall–Kier alpha value is -2.32. The van der Waals surface area contributed by atoms with Gasteiger partial charge in [0.25, 0.3) is 0 Å². The molecule has 1 atom stereocenters. The van der Waals surface area contributed by atoms with Gasteiger partial charge in [-0.15, -0.1) is 5.10 Å². The largest absolute Gasteiger partial charge is 0.376 e. The van der Waals surface area contributed by atoms with Gasteiger partial charge in [0.1, 0.15) is 12.1 Å². The van der Waals surface area contributed by atoms with E-state index >= 15 is 0 Å². The second-order valence-electron chi connectivity index (χ2n) is 5.86. The minimum absolute atomic E-state index is 0.143. The molecular weight excluding hydrogens is 347 g/mol. The van der Waals surface area contributed by atoms with Crippen molar-refractivity contribution in [1.82, 2.24) is 25.0 Å². The van der Waals surface area contributed by atoms with Gasteiger partial charge in [-0.2, -0.15) is 0 Å². The molecule has 7 nitrogen and oxygen atoms in total. The first-order chi connectivity index (χ1) is 12.2. The van der Waals surface area contributed by atoms with E-state index in [4.69, 9.17) is 16.3 Å². The zero-order chi connectivity index (χ0) is 17.2. The Morgan fingerprint density at radius 1 is 1.36 bits per heavy atom. The van der Waals surface area contributed by atoms with E-state index in [-0.39, 0.29) is 18.5 Å². The van der Waals surface area contributed by atoms with Crippen LogP contribution in [0.25, 0.3) is 11.2 Å². The first kappa shape index (κ1) is 16.2. The number of rotatable bonds is 5. The minimum atomic E-state index is -0.387. The summed E-state index contributed by atoms with van der Waals surface area (Å²) in [6.07, 6.45) is 3.71. The van der Waals surface area contributed by atoms with Gasteiger partial charge >= 0.3 is 0 Å². The fourth-order valence-electron chi connectivity index (χ4n) is 2.88. The quantitative estimate of drug-likeness (QED) is 0.751. The average molecular weight is 363 g/mol. The van der Waals surface area contributed by atoms with Gasteiger partial charge < -0.3 is 10.1 Å². The molecule has 4 rings (SSSR count). The molecule has 1 unspecified atom stereocenters. The van der Waals surface area contributed by atoms with Gasteiger partial charge in [-0.3, -0.25) is 0 Å². The Morgan fingerprint density at radius 2 is 2.28 bits per heavy atom. The molecule has 1 fully saturated rings. The maximum Gasteiger partial charge on any atom is 0.184 e. The molecule has 9 heteroatoms. The second-order valence-corrected chi connectivity index (χ2v) is 6.26. The van der Waals surface area contributed by atoms with Crippen LogP contribution in [0.1, 0.15) is 18.4 Å². The van der Waals surface area contributed by atoms with Crippen LogP contribution >= 0.6 is 11.6 Å². The van der Waals surface area contributed by atoms with E-state index in [9.17, 15) is 4.39 Å². The molecule has 1 aromatic carbocycles. The van der Waals surface area contributed by atoms with Crippen LogP contribution in [-0.4, -0.2) is 44.2 Å². The number of nitrogens with zero attached hydrogens (tertiary/aromatic N) is 5. The summed E-state index contributed by atoms with van der Waals surface area (Å²) < 4.78 is 21.1. The molecule has 3 aromatic rings. The van der Waals surface area contributed by atoms with E-state index in [1.165, 1.54) is 17.1 Å². The van der Waals surface area contributed by atoms with Crippen molar-refractivity contribution >= 4 is 28.6 Å². The lowest BCUT2D eigenvalue weighted by molar-refractivity contribution is 0.120. The number of nitrogens with one attached hydrogen (secondary N) is 1. The molecule has 2 aromatic heterocycles. The van der Waals surface area contributed by atoms with Crippen molar-refractivity contribution in [3.63, 3.8) is 0 Å². The summed E-state index contributed by atoms with van der Waals surface area (Å²) in [7, 11) is 0. The van der Waals surface area contributed by atoms with Gasteiger partial charge in [0, 0.05) is 23.7 Å². The molecule has 0 amide bonds. The molecule has 3 heterocycles. The molecule has 0 radical (unpaired) electrons. The molecule has 25 heavy (non-hydrogen) atoms. The second kappa shape index (κ2) is 6.89. The van der Waals surface area contributed by atoms with Gasteiger partial charge in [-0.25, -0.2) is 19.0 Å². The van der Waals surface area contributed by atoms with E-state index in [1.807, 2.05) is 0 Å². The third-order valence-electron chi connectivity index (χ3n) is 4.19. The van der Waals surface area contributed by atoms with Crippen LogP contribution in [0.2, 0.25) is 5.02 Å². The van der Waals surface area contributed by atoms with Crippen molar-refractivity contribution in [2.75, 3.05) is 18.5 Å². The lowest BCUT2D eigenvalue weighted by atomic mass is 10.2. The molecule has 1 N–H and O–H groups in total. The highest BCUT2D eigenvalue weighted by molar-refractivity contribution is 6.31. The van der Waals surface area contributed by atoms with Crippen LogP contribution in [-0.2, 0) is 11.3 Å². The highest BCUT2D eigenvalue weighted by Crippen LogP contribution is 2.23.